The van der Waals surface area contributed by atoms with Crippen molar-refractivity contribution in [3.63, 3.8) is 0 Å². The Hall–Kier alpha value is -1.24. The highest BCUT2D eigenvalue weighted by Gasteiger charge is 2.37. The van der Waals surface area contributed by atoms with Crippen molar-refractivity contribution in [3.05, 3.63) is 41.6 Å². The molecule has 0 atom stereocenters. The molecule has 19 heavy (non-hydrogen) atoms. The zero-order valence-electron chi connectivity index (χ0n) is 12.5. The van der Waals surface area contributed by atoms with Gasteiger partial charge in [0.05, 0.1) is 0 Å². The lowest BCUT2D eigenvalue weighted by Crippen LogP contribution is -2.21. The fourth-order valence-corrected chi connectivity index (χ4v) is 3.76. The van der Waals surface area contributed by atoms with E-state index >= 15 is 0 Å². The molecule has 1 aromatic carbocycles. The van der Waals surface area contributed by atoms with Gasteiger partial charge in [-0.25, -0.2) is 0 Å². The van der Waals surface area contributed by atoms with E-state index in [1.807, 2.05) is 0 Å². The largest absolute Gasteiger partial charge is 0.348 e. The van der Waals surface area contributed by atoms with Crippen LogP contribution in [0.15, 0.2) is 30.5 Å². The number of hydrogen-bond donors (Lipinski definition) is 0. The summed E-state index contributed by atoms with van der Waals surface area (Å²) in [6.07, 6.45) is 6.97. The Bertz CT molecular complexity index is 506. The van der Waals surface area contributed by atoms with Gasteiger partial charge in [0.1, 0.15) is 0 Å². The van der Waals surface area contributed by atoms with Gasteiger partial charge in [0.2, 0.25) is 0 Å². The van der Waals surface area contributed by atoms with Crippen LogP contribution in [0.2, 0.25) is 0 Å². The molecule has 1 saturated carbocycles. The van der Waals surface area contributed by atoms with E-state index in [2.05, 4.69) is 50.6 Å². The lowest BCUT2D eigenvalue weighted by Gasteiger charge is -2.24. The molecule has 102 valence electrons. The minimum Gasteiger partial charge on any atom is -0.348 e. The van der Waals surface area contributed by atoms with Gasteiger partial charge in [0, 0.05) is 23.8 Å². The minimum absolute atomic E-state index is 0.0781. The molecule has 1 aliphatic carbocycles. The number of likely N-dealkylation sites (N-methyl/N-ethyl adjacent to an activating group) is 1. The van der Waals surface area contributed by atoms with Gasteiger partial charge in [-0.15, -0.1) is 0 Å². The van der Waals surface area contributed by atoms with E-state index in [9.17, 15) is 0 Å². The average molecular weight is 255 g/mol. The van der Waals surface area contributed by atoms with E-state index in [-0.39, 0.29) is 5.41 Å². The van der Waals surface area contributed by atoms with E-state index in [0.717, 1.165) is 5.92 Å². The molecule has 1 nitrogen and oxygen atoms in total. The van der Waals surface area contributed by atoms with Crippen molar-refractivity contribution in [3.8, 4) is 0 Å². The molecule has 1 fully saturated rings. The Labute approximate surface area is 117 Å². The fraction of sp³-hybridized carbons (Fsp3) is 0.556. The molecule has 0 unspecified atom stereocenters. The summed E-state index contributed by atoms with van der Waals surface area (Å²) < 4.78 is 0. The Morgan fingerprint density at radius 1 is 1.16 bits per heavy atom. The molecule has 0 spiro atoms. The van der Waals surface area contributed by atoms with Crippen LogP contribution in [0.3, 0.4) is 0 Å². The van der Waals surface area contributed by atoms with E-state index in [0.29, 0.717) is 0 Å². The molecule has 3 rings (SSSR count). The first kappa shape index (κ1) is 12.8. The maximum atomic E-state index is 4.27. The Kier molecular flexibility index (Phi) is 2.96. The van der Waals surface area contributed by atoms with Crippen molar-refractivity contribution < 1.29 is 0 Å². The highest BCUT2D eigenvalue weighted by Crippen LogP contribution is 2.47. The predicted molar refractivity (Wildman–Crippen MR) is 82.8 cm³/mol. The van der Waals surface area contributed by atoms with Crippen LogP contribution in [-0.2, 0) is 5.41 Å². The Balaban J connectivity index is 2.00. The van der Waals surface area contributed by atoms with Crippen molar-refractivity contribution in [1.29, 1.82) is 0 Å². The zero-order valence-corrected chi connectivity index (χ0v) is 12.5. The van der Waals surface area contributed by atoms with Crippen molar-refractivity contribution >= 4 is 5.69 Å². The summed E-state index contributed by atoms with van der Waals surface area (Å²) in [4.78, 5) is 2.25. The quantitative estimate of drug-likeness (QED) is 0.684. The van der Waals surface area contributed by atoms with Gasteiger partial charge in [-0.2, -0.15) is 0 Å². The van der Waals surface area contributed by atoms with Crippen LogP contribution < -0.4 is 4.90 Å². The van der Waals surface area contributed by atoms with E-state index in [1.165, 1.54) is 49.1 Å². The van der Waals surface area contributed by atoms with Gasteiger partial charge in [-0.05, 0) is 36.0 Å². The van der Waals surface area contributed by atoms with Gasteiger partial charge < -0.3 is 4.90 Å². The summed E-state index contributed by atoms with van der Waals surface area (Å²) in [5.74, 6) is 0.786. The number of benzene rings is 1. The zero-order chi connectivity index (χ0) is 13.6. The molecular formula is C18H25N. The lowest BCUT2D eigenvalue weighted by atomic mass is 9.79. The normalized spacial score (nSPS) is 22.7. The first-order valence-corrected chi connectivity index (χ1v) is 7.59. The van der Waals surface area contributed by atoms with Gasteiger partial charge >= 0.3 is 0 Å². The number of fused-ring (bicyclic) bond motifs is 1. The molecule has 0 saturated heterocycles. The van der Waals surface area contributed by atoms with E-state index < -0.39 is 0 Å². The lowest BCUT2D eigenvalue weighted by molar-refractivity contribution is 0.443. The molecule has 1 aromatic rings. The Morgan fingerprint density at radius 3 is 2.53 bits per heavy atom. The second kappa shape index (κ2) is 4.40. The number of nitrogens with zero attached hydrogens (tertiary/aromatic N) is 1. The van der Waals surface area contributed by atoms with Gasteiger partial charge in [0.25, 0.3) is 0 Å². The van der Waals surface area contributed by atoms with Crippen LogP contribution in [0.1, 0.15) is 63.0 Å². The maximum absolute atomic E-state index is 4.27. The van der Waals surface area contributed by atoms with Crippen LogP contribution in [0.4, 0.5) is 5.69 Å². The number of hydrogen-bond acceptors (Lipinski definition) is 1. The number of allylic oxidation sites excluding steroid dienone is 1. The van der Waals surface area contributed by atoms with Crippen LogP contribution in [0.5, 0.6) is 0 Å². The summed E-state index contributed by atoms with van der Waals surface area (Å²) in [6.45, 7) is 8.86. The topological polar surface area (TPSA) is 3.24 Å². The van der Waals surface area contributed by atoms with Gasteiger partial charge in [0.15, 0.2) is 0 Å². The molecule has 0 amide bonds. The third kappa shape index (κ3) is 1.91. The van der Waals surface area contributed by atoms with E-state index in [4.69, 9.17) is 0 Å². The second-order valence-corrected chi connectivity index (χ2v) is 6.74. The summed E-state index contributed by atoms with van der Waals surface area (Å²) in [5, 5.41) is 0. The number of anilines is 1. The third-order valence-electron chi connectivity index (χ3n) is 5.26. The third-order valence-corrected chi connectivity index (χ3v) is 5.26. The van der Waals surface area contributed by atoms with Gasteiger partial charge in [-0.1, -0.05) is 51.8 Å². The van der Waals surface area contributed by atoms with E-state index in [1.54, 1.807) is 5.56 Å². The molecule has 1 heterocycles. The molecule has 0 radical (unpaired) electrons. The highest BCUT2D eigenvalue weighted by atomic mass is 15.1. The van der Waals surface area contributed by atoms with Gasteiger partial charge in [-0.3, -0.25) is 0 Å². The highest BCUT2D eigenvalue weighted by molar-refractivity contribution is 5.70. The summed E-state index contributed by atoms with van der Waals surface area (Å²) in [5.41, 5.74) is 5.64. The summed E-state index contributed by atoms with van der Waals surface area (Å²) in [7, 11) is 2.14. The van der Waals surface area contributed by atoms with Crippen molar-refractivity contribution in [1.82, 2.24) is 0 Å². The second-order valence-electron chi connectivity index (χ2n) is 6.74. The molecule has 0 aromatic heterocycles. The van der Waals surface area contributed by atoms with Crippen molar-refractivity contribution in [2.24, 2.45) is 0 Å². The predicted octanol–water partition coefficient (Wildman–Crippen LogP) is 4.98. The van der Waals surface area contributed by atoms with Crippen molar-refractivity contribution in [2.75, 3.05) is 11.9 Å². The van der Waals surface area contributed by atoms with Crippen LogP contribution >= 0.6 is 0 Å². The van der Waals surface area contributed by atoms with Crippen LogP contribution in [0, 0.1) is 0 Å². The standard InChI is InChI=1S/C18H25N/c1-13-18(2,3)16-12-15(10-11-17(16)19(13)4)14-8-6-5-7-9-14/h10-12,14H,1,5-9H2,2-4H3. The smallest absolute Gasteiger partial charge is 0.0447 e. The summed E-state index contributed by atoms with van der Waals surface area (Å²) >= 11 is 0. The average Bonchev–Trinajstić information content (AvgIpc) is 2.61. The number of rotatable bonds is 1. The van der Waals surface area contributed by atoms with Crippen LogP contribution in [-0.4, -0.2) is 7.05 Å². The summed E-state index contributed by atoms with van der Waals surface area (Å²) in [6, 6.07) is 7.11. The molecular weight excluding hydrogens is 230 g/mol. The molecule has 0 bridgehead atoms. The van der Waals surface area contributed by atoms with Crippen molar-refractivity contribution in [2.45, 2.75) is 57.3 Å². The maximum Gasteiger partial charge on any atom is 0.0447 e. The molecule has 2 aliphatic rings. The first-order valence-electron chi connectivity index (χ1n) is 7.59. The molecule has 1 heteroatoms. The first-order chi connectivity index (χ1) is 9.01. The molecule has 0 N–H and O–H groups in total. The fourth-order valence-electron chi connectivity index (χ4n) is 3.76. The minimum atomic E-state index is 0.0781. The molecule has 1 aliphatic heterocycles. The van der Waals surface area contributed by atoms with Crippen LogP contribution in [0.25, 0.3) is 0 Å². The monoisotopic (exact) mass is 255 g/mol. The Morgan fingerprint density at radius 2 is 1.84 bits per heavy atom. The SMILES string of the molecule is C=C1N(C)c2ccc(C3CCCCC3)cc2C1(C)C.